The van der Waals surface area contributed by atoms with E-state index in [0.717, 1.165) is 5.56 Å². The molecule has 0 aliphatic carbocycles. The third-order valence-electron chi connectivity index (χ3n) is 5.33. The second kappa shape index (κ2) is 8.32. The molecule has 0 bridgehead atoms. The molecule has 152 valence electrons. The van der Waals surface area contributed by atoms with E-state index in [1.54, 1.807) is 48.8 Å². The summed E-state index contributed by atoms with van der Waals surface area (Å²) < 4.78 is 5.83. The molecule has 2 aromatic carbocycles. The van der Waals surface area contributed by atoms with Crippen LogP contribution in [-0.2, 0) is 15.0 Å². The molecular formula is C21H23N3O5. The molecule has 2 atom stereocenters. The summed E-state index contributed by atoms with van der Waals surface area (Å²) in [6.45, 7) is 3.87. The van der Waals surface area contributed by atoms with Gasteiger partial charge in [0, 0.05) is 6.54 Å². The Morgan fingerprint density at radius 3 is 2.66 bits per heavy atom. The van der Waals surface area contributed by atoms with E-state index in [9.17, 15) is 9.59 Å². The smallest absolute Gasteiger partial charge is 0.265 e. The Labute approximate surface area is 168 Å². The summed E-state index contributed by atoms with van der Waals surface area (Å²) >= 11 is 0. The molecule has 1 aliphatic heterocycles. The molecule has 29 heavy (non-hydrogen) atoms. The fourth-order valence-electron chi connectivity index (χ4n) is 3.49. The quantitative estimate of drug-likeness (QED) is 0.300. The molecule has 2 unspecified atom stereocenters. The van der Waals surface area contributed by atoms with Crippen LogP contribution in [-0.4, -0.2) is 45.9 Å². The molecule has 1 heterocycles. The zero-order valence-corrected chi connectivity index (χ0v) is 16.2. The van der Waals surface area contributed by atoms with Gasteiger partial charge in [-0.15, -0.1) is 0 Å². The summed E-state index contributed by atoms with van der Waals surface area (Å²) in [5.41, 5.74) is 2.38. The Kier molecular flexibility index (Phi) is 5.84. The summed E-state index contributed by atoms with van der Waals surface area (Å²) in [6, 6.07) is 13.6. The number of nitrogens with zero attached hydrogens (tertiary/aromatic N) is 2. The zero-order valence-electron chi connectivity index (χ0n) is 16.2. The van der Waals surface area contributed by atoms with Crippen molar-refractivity contribution in [1.82, 2.24) is 10.4 Å². The van der Waals surface area contributed by atoms with Crippen molar-refractivity contribution in [1.29, 1.82) is 0 Å². The first-order chi connectivity index (χ1) is 13.9. The number of hydroxylamine groups is 1. The molecule has 0 spiro atoms. The standard InChI is InChI=1S/C21H23N3O5/c1-14(19(25)23-28)24-11-10-21(2,20(24)26)16-6-8-17(9-7-16)29-18-5-3-4-15(12-18)13-22-27/h3-9,12-14,27-28H,10-11H2,1-2H3,(H,23,25)/b22-13-. The Morgan fingerprint density at radius 1 is 1.28 bits per heavy atom. The van der Waals surface area contributed by atoms with Crippen molar-refractivity contribution in [3.63, 3.8) is 0 Å². The van der Waals surface area contributed by atoms with E-state index in [4.69, 9.17) is 15.2 Å². The number of benzene rings is 2. The number of hydrogen-bond donors (Lipinski definition) is 3. The highest BCUT2D eigenvalue weighted by Crippen LogP contribution is 2.37. The second-order valence-electron chi connectivity index (χ2n) is 7.18. The Bertz CT molecular complexity index is 928. The van der Waals surface area contributed by atoms with E-state index >= 15 is 0 Å². The largest absolute Gasteiger partial charge is 0.457 e. The molecule has 2 amide bonds. The first kappa shape index (κ1) is 20.3. The number of carbonyl (C=O) groups is 2. The number of nitrogens with one attached hydrogen (secondary N) is 1. The third kappa shape index (κ3) is 4.07. The van der Waals surface area contributed by atoms with Crippen molar-refractivity contribution >= 4 is 18.0 Å². The average molecular weight is 397 g/mol. The molecule has 1 fully saturated rings. The maximum atomic E-state index is 13.0. The van der Waals surface area contributed by atoms with Crippen LogP contribution >= 0.6 is 0 Å². The number of hydrogen-bond acceptors (Lipinski definition) is 6. The first-order valence-electron chi connectivity index (χ1n) is 9.20. The highest BCUT2D eigenvalue weighted by Gasteiger charge is 2.46. The van der Waals surface area contributed by atoms with Crippen LogP contribution in [0.15, 0.2) is 53.7 Å². The van der Waals surface area contributed by atoms with Gasteiger partial charge >= 0.3 is 0 Å². The SMILES string of the molecule is CC(C(=O)NO)N1CCC(C)(c2ccc(Oc3cccc(/C=N\O)c3)cc2)C1=O. The molecule has 1 saturated heterocycles. The lowest BCUT2D eigenvalue weighted by Crippen LogP contribution is -2.47. The maximum Gasteiger partial charge on any atom is 0.265 e. The maximum absolute atomic E-state index is 13.0. The van der Waals surface area contributed by atoms with Gasteiger partial charge in [-0.25, -0.2) is 5.48 Å². The third-order valence-corrected chi connectivity index (χ3v) is 5.33. The van der Waals surface area contributed by atoms with E-state index in [2.05, 4.69) is 5.16 Å². The summed E-state index contributed by atoms with van der Waals surface area (Å²) in [4.78, 5) is 26.1. The molecule has 0 aromatic heterocycles. The monoisotopic (exact) mass is 397 g/mol. The molecule has 8 heteroatoms. The summed E-state index contributed by atoms with van der Waals surface area (Å²) in [5.74, 6) is 0.428. The van der Waals surface area contributed by atoms with Crippen molar-refractivity contribution in [2.45, 2.75) is 31.7 Å². The van der Waals surface area contributed by atoms with Gasteiger partial charge in [-0.05, 0) is 55.7 Å². The van der Waals surface area contributed by atoms with Gasteiger partial charge in [0.2, 0.25) is 5.91 Å². The van der Waals surface area contributed by atoms with Crippen molar-refractivity contribution in [2.75, 3.05) is 6.54 Å². The van der Waals surface area contributed by atoms with Gasteiger partial charge in [-0.2, -0.15) is 0 Å². The van der Waals surface area contributed by atoms with E-state index in [1.165, 1.54) is 11.1 Å². The molecular weight excluding hydrogens is 374 g/mol. The molecule has 0 saturated carbocycles. The molecule has 1 aliphatic rings. The highest BCUT2D eigenvalue weighted by molar-refractivity contribution is 5.94. The topological polar surface area (TPSA) is 111 Å². The van der Waals surface area contributed by atoms with Crippen LogP contribution in [0.2, 0.25) is 0 Å². The van der Waals surface area contributed by atoms with E-state index in [-0.39, 0.29) is 5.91 Å². The van der Waals surface area contributed by atoms with Crippen LogP contribution in [0.1, 0.15) is 31.4 Å². The molecule has 3 N–H and O–H groups in total. The first-order valence-corrected chi connectivity index (χ1v) is 9.20. The van der Waals surface area contributed by atoms with Crippen molar-refractivity contribution in [2.24, 2.45) is 5.16 Å². The number of rotatable bonds is 6. The second-order valence-corrected chi connectivity index (χ2v) is 7.18. The molecule has 0 radical (unpaired) electrons. The van der Waals surface area contributed by atoms with Gasteiger partial charge in [-0.3, -0.25) is 14.8 Å². The van der Waals surface area contributed by atoms with Gasteiger partial charge < -0.3 is 14.8 Å². The van der Waals surface area contributed by atoms with Crippen LogP contribution in [0.25, 0.3) is 0 Å². The molecule has 2 aromatic rings. The summed E-state index contributed by atoms with van der Waals surface area (Å²) in [7, 11) is 0. The normalized spacial score (nSPS) is 20.1. The van der Waals surface area contributed by atoms with Crippen LogP contribution in [0, 0.1) is 0 Å². The Morgan fingerprint density at radius 2 is 2.00 bits per heavy atom. The summed E-state index contributed by atoms with van der Waals surface area (Å²) in [5, 5.41) is 20.5. The fourth-order valence-corrected chi connectivity index (χ4v) is 3.49. The Balaban J connectivity index is 1.75. The van der Waals surface area contributed by atoms with Gasteiger partial charge in [0.25, 0.3) is 5.91 Å². The van der Waals surface area contributed by atoms with Gasteiger partial charge in [0.15, 0.2) is 0 Å². The number of amides is 2. The lowest BCUT2D eigenvalue weighted by atomic mass is 9.81. The minimum absolute atomic E-state index is 0.154. The zero-order chi connectivity index (χ0) is 21.0. The van der Waals surface area contributed by atoms with Crippen molar-refractivity contribution in [3.8, 4) is 11.5 Å². The van der Waals surface area contributed by atoms with Gasteiger partial charge in [-0.1, -0.05) is 29.4 Å². The van der Waals surface area contributed by atoms with Crippen LogP contribution in [0.5, 0.6) is 11.5 Å². The van der Waals surface area contributed by atoms with Crippen LogP contribution < -0.4 is 10.2 Å². The van der Waals surface area contributed by atoms with Gasteiger partial charge in [0.05, 0.1) is 11.6 Å². The lowest BCUT2D eigenvalue weighted by Gasteiger charge is -2.27. The number of carbonyl (C=O) groups excluding carboxylic acids is 2. The van der Waals surface area contributed by atoms with E-state index < -0.39 is 17.4 Å². The minimum Gasteiger partial charge on any atom is -0.457 e. The Hall–Kier alpha value is -3.39. The average Bonchev–Trinajstić information content (AvgIpc) is 3.03. The number of likely N-dealkylation sites (tertiary alicyclic amines) is 1. The van der Waals surface area contributed by atoms with Gasteiger partial charge in [0.1, 0.15) is 17.5 Å². The lowest BCUT2D eigenvalue weighted by molar-refractivity contribution is -0.143. The fraction of sp³-hybridized carbons (Fsp3) is 0.286. The van der Waals surface area contributed by atoms with Crippen LogP contribution in [0.3, 0.4) is 0 Å². The number of oxime groups is 1. The van der Waals surface area contributed by atoms with Crippen LogP contribution in [0.4, 0.5) is 0 Å². The predicted molar refractivity (Wildman–Crippen MR) is 105 cm³/mol. The van der Waals surface area contributed by atoms with E-state index in [1.807, 2.05) is 19.1 Å². The van der Waals surface area contributed by atoms with Crippen molar-refractivity contribution < 1.29 is 24.7 Å². The predicted octanol–water partition coefficient (Wildman–Crippen LogP) is 2.67. The molecule has 8 nitrogen and oxygen atoms in total. The summed E-state index contributed by atoms with van der Waals surface area (Å²) in [6.07, 6.45) is 1.88. The highest BCUT2D eigenvalue weighted by atomic mass is 16.5. The van der Waals surface area contributed by atoms with E-state index in [0.29, 0.717) is 30.0 Å². The minimum atomic E-state index is -0.750. The van der Waals surface area contributed by atoms with Crippen molar-refractivity contribution in [3.05, 3.63) is 59.7 Å². The molecule has 3 rings (SSSR count). The number of ether oxygens (including phenoxy) is 1.